The maximum absolute atomic E-state index is 13.6. The first-order chi connectivity index (χ1) is 14.6. The summed E-state index contributed by atoms with van der Waals surface area (Å²) < 4.78 is 7.41. The lowest BCUT2D eigenvalue weighted by atomic mass is 9.88. The lowest BCUT2D eigenvalue weighted by Gasteiger charge is -2.38. The van der Waals surface area contributed by atoms with Gasteiger partial charge in [0.05, 0.1) is 23.7 Å². The molecule has 1 amide bonds. The minimum atomic E-state index is -0.950. The summed E-state index contributed by atoms with van der Waals surface area (Å²) in [4.78, 5) is 33.1. The molecule has 2 aromatic carbocycles. The highest BCUT2D eigenvalue weighted by Crippen LogP contribution is 2.41. The molecule has 0 saturated heterocycles. The molecule has 0 aliphatic carbocycles. The molecular weight excluding hydrogens is 378 g/mol. The smallest absolute Gasteiger partial charge is 0.321 e. The summed E-state index contributed by atoms with van der Waals surface area (Å²) in [5.74, 6) is -1.08. The number of aromatic nitrogens is 2. The van der Waals surface area contributed by atoms with Gasteiger partial charge in [0, 0.05) is 6.54 Å². The van der Waals surface area contributed by atoms with Crippen LogP contribution in [0.5, 0.6) is 0 Å². The normalized spacial score (nSPS) is 18.5. The van der Waals surface area contributed by atoms with Crippen LogP contribution < -0.4 is 4.90 Å². The third-order valence-electron chi connectivity index (χ3n) is 5.60. The van der Waals surface area contributed by atoms with Crippen LogP contribution in [0.15, 0.2) is 48.5 Å². The van der Waals surface area contributed by atoms with Crippen molar-refractivity contribution in [2.45, 2.75) is 39.7 Å². The van der Waals surface area contributed by atoms with Gasteiger partial charge in [-0.3, -0.25) is 14.5 Å². The Hall–Kier alpha value is -3.15. The van der Waals surface area contributed by atoms with Crippen molar-refractivity contribution in [3.63, 3.8) is 0 Å². The molecule has 156 valence electrons. The molecule has 0 unspecified atom stereocenters. The fourth-order valence-corrected chi connectivity index (χ4v) is 4.23. The predicted molar refractivity (Wildman–Crippen MR) is 116 cm³/mol. The van der Waals surface area contributed by atoms with E-state index >= 15 is 0 Å². The summed E-state index contributed by atoms with van der Waals surface area (Å²) in [7, 11) is 0. The van der Waals surface area contributed by atoms with Gasteiger partial charge in [-0.1, -0.05) is 55.3 Å². The molecule has 6 heteroatoms. The highest BCUT2D eigenvalue weighted by atomic mass is 16.5. The van der Waals surface area contributed by atoms with Crippen LogP contribution in [-0.2, 0) is 14.3 Å². The fourth-order valence-electron chi connectivity index (χ4n) is 4.23. The molecule has 4 rings (SSSR count). The molecule has 30 heavy (non-hydrogen) atoms. The zero-order valence-corrected chi connectivity index (χ0v) is 17.7. The number of imidazole rings is 1. The number of hydrogen-bond acceptors (Lipinski definition) is 4. The van der Waals surface area contributed by atoms with E-state index < -0.39 is 17.9 Å². The Bertz CT molecular complexity index is 1090. The van der Waals surface area contributed by atoms with E-state index in [4.69, 9.17) is 9.72 Å². The molecule has 6 nitrogen and oxygen atoms in total. The maximum Gasteiger partial charge on any atom is 0.321 e. The van der Waals surface area contributed by atoms with Crippen molar-refractivity contribution in [3.05, 3.63) is 59.7 Å². The van der Waals surface area contributed by atoms with Gasteiger partial charge in [-0.15, -0.1) is 0 Å². The van der Waals surface area contributed by atoms with Crippen molar-refractivity contribution in [1.82, 2.24) is 9.55 Å². The van der Waals surface area contributed by atoms with Crippen LogP contribution >= 0.6 is 0 Å². The monoisotopic (exact) mass is 405 g/mol. The molecule has 1 aromatic heterocycles. The molecule has 1 aliphatic rings. The number of esters is 1. The lowest BCUT2D eigenvalue weighted by molar-refractivity contribution is -0.153. The number of rotatable bonds is 6. The largest absolute Gasteiger partial charge is 0.465 e. The number of unbranched alkanes of at least 4 members (excludes halogenated alkanes) is 1. The molecule has 0 saturated carbocycles. The summed E-state index contributed by atoms with van der Waals surface area (Å²) in [5, 5.41) is 0. The first kappa shape index (κ1) is 20.1. The lowest BCUT2D eigenvalue weighted by Crippen LogP contribution is -2.50. The number of hydrogen-bond donors (Lipinski definition) is 0. The molecule has 2 atom stereocenters. The van der Waals surface area contributed by atoms with Crippen molar-refractivity contribution in [1.29, 1.82) is 0 Å². The summed E-state index contributed by atoms with van der Waals surface area (Å²) in [6, 6.07) is 15.3. The number of ether oxygens (including phenoxy) is 1. The zero-order valence-electron chi connectivity index (χ0n) is 17.7. The second-order valence-corrected chi connectivity index (χ2v) is 7.70. The number of nitrogens with zero attached hydrogens (tertiary/aromatic N) is 3. The number of fused-ring (bicyclic) bond motifs is 3. The Kier molecular flexibility index (Phi) is 5.57. The van der Waals surface area contributed by atoms with E-state index in [-0.39, 0.29) is 12.5 Å². The molecule has 3 aromatic rings. The Balaban J connectivity index is 1.98. The predicted octanol–water partition coefficient (Wildman–Crippen LogP) is 4.26. The third-order valence-corrected chi connectivity index (χ3v) is 5.60. The van der Waals surface area contributed by atoms with Gasteiger partial charge in [0.15, 0.2) is 5.92 Å². The van der Waals surface area contributed by atoms with E-state index in [0.29, 0.717) is 12.5 Å². The average Bonchev–Trinajstić information content (AvgIpc) is 3.11. The van der Waals surface area contributed by atoms with E-state index in [1.54, 1.807) is 11.8 Å². The molecule has 0 fully saturated rings. The van der Waals surface area contributed by atoms with Gasteiger partial charge in [0.25, 0.3) is 0 Å². The minimum absolute atomic E-state index is 0.232. The Morgan fingerprint density at radius 3 is 2.67 bits per heavy atom. The zero-order chi connectivity index (χ0) is 21.3. The molecular formula is C24H27N3O3. The molecule has 0 spiro atoms. The van der Waals surface area contributed by atoms with E-state index in [9.17, 15) is 9.59 Å². The standard InChI is InChI=1S/C24H27N3O3/c1-4-6-14-26-22(28)20(23(29)30-5-2)21(17-11-9-10-16(3)15-17)27-19-13-8-7-12-18(19)25-24(26)27/h7-13,15,20-21H,4-6,14H2,1-3H3/t20-,21+/m0/s1. The summed E-state index contributed by atoms with van der Waals surface area (Å²) >= 11 is 0. The van der Waals surface area contributed by atoms with Crippen LogP contribution in [0.25, 0.3) is 11.0 Å². The van der Waals surface area contributed by atoms with Crippen LogP contribution in [0, 0.1) is 12.8 Å². The van der Waals surface area contributed by atoms with Crippen molar-refractivity contribution < 1.29 is 14.3 Å². The van der Waals surface area contributed by atoms with Gasteiger partial charge in [-0.05, 0) is 38.0 Å². The van der Waals surface area contributed by atoms with E-state index in [1.807, 2.05) is 60.0 Å². The maximum atomic E-state index is 13.6. The number of aryl methyl sites for hydroxylation is 1. The first-order valence-corrected chi connectivity index (χ1v) is 10.6. The van der Waals surface area contributed by atoms with Crippen LogP contribution in [0.4, 0.5) is 5.95 Å². The number of anilines is 1. The summed E-state index contributed by atoms with van der Waals surface area (Å²) in [5.41, 5.74) is 3.69. The SMILES string of the molecule is CCCCN1C(=O)[C@@H](C(=O)OCC)[C@@H](c2cccc(C)c2)n2c1nc1ccccc12. The van der Waals surface area contributed by atoms with Gasteiger partial charge in [0.1, 0.15) is 0 Å². The number of para-hydroxylation sites is 2. The topological polar surface area (TPSA) is 64.4 Å². The summed E-state index contributed by atoms with van der Waals surface area (Å²) in [6.07, 6.45) is 1.77. The second-order valence-electron chi connectivity index (χ2n) is 7.70. The van der Waals surface area contributed by atoms with Gasteiger partial charge in [-0.2, -0.15) is 0 Å². The summed E-state index contributed by atoms with van der Waals surface area (Å²) in [6.45, 7) is 6.61. The van der Waals surface area contributed by atoms with Crippen molar-refractivity contribution in [2.75, 3.05) is 18.1 Å². The Labute approximate surface area is 176 Å². The first-order valence-electron chi connectivity index (χ1n) is 10.6. The average molecular weight is 405 g/mol. The van der Waals surface area contributed by atoms with Gasteiger partial charge in [0.2, 0.25) is 11.9 Å². The van der Waals surface area contributed by atoms with Crippen LogP contribution in [0.1, 0.15) is 43.9 Å². The highest BCUT2D eigenvalue weighted by Gasteiger charge is 2.47. The number of amides is 1. The number of carbonyl (C=O) groups excluding carboxylic acids is 2. The Morgan fingerprint density at radius 2 is 1.93 bits per heavy atom. The van der Waals surface area contributed by atoms with Crippen LogP contribution in [-0.4, -0.2) is 34.6 Å². The van der Waals surface area contributed by atoms with Crippen LogP contribution in [0.2, 0.25) is 0 Å². The van der Waals surface area contributed by atoms with Gasteiger partial charge >= 0.3 is 5.97 Å². The second kappa shape index (κ2) is 8.30. The van der Waals surface area contributed by atoms with Crippen molar-refractivity contribution >= 4 is 28.9 Å². The van der Waals surface area contributed by atoms with Crippen LogP contribution in [0.3, 0.4) is 0 Å². The number of benzene rings is 2. The van der Waals surface area contributed by atoms with E-state index in [2.05, 4.69) is 6.92 Å². The quantitative estimate of drug-likeness (QED) is 0.454. The molecule has 2 heterocycles. The van der Waals surface area contributed by atoms with Gasteiger partial charge < -0.3 is 9.30 Å². The minimum Gasteiger partial charge on any atom is -0.465 e. The van der Waals surface area contributed by atoms with Crippen molar-refractivity contribution in [3.8, 4) is 0 Å². The fraction of sp³-hybridized carbons (Fsp3) is 0.375. The third kappa shape index (κ3) is 3.36. The molecule has 0 radical (unpaired) electrons. The Morgan fingerprint density at radius 1 is 1.13 bits per heavy atom. The highest BCUT2D eigenvalue weighted by molar-refractivity contribution is 6.08. The molecule has 0 N–H and O–H groups in total. The van der Waals surface area contributed by atoms with Crippen molar-refractivity contribution in [2.24, 2.45) is 5.92 Å². The molecule has 0 bridgehead atoms. The van der Waals surface area contributed by atoms with E-state index in [0.717, 1.165) is 35.0 Å². The molecule has 1 aliphatic heterocycles. The number of carbonyl (C=O) groups is 2. The van der Waals surface area contributed by atoms with Gasteiger partial charge in [-0.25, -0.2) is 4.98 Å². The van der Waals surface area contributed by atoms with E-state index in [1.165, 1.54) is 0 Å².